The van der Waals surface area contributed by atoms with E-state index in [1.807, 2.05) is 48.5 Å². The topological polar surface area (TPSA) is 95.0 Å². The third-order valence-corrected chi connectivity index (χ3v) is 11.5. The molecule has 7 nitrogen and oxygen atoms in total. The summed E-state index contributed by atoms with van der Waals surface area (Å²) >= 11 is 8.55. The SMILES string of the molecule is O=C1C2CC=C3C(CC4C(=O)N(c5cccc(Cl)c5)C(=O)C4(c4ccccc4)C3c3ccccc3O)C2C(=O)N1c1ccc(I)cc1. The lowest BCUT2D eigenvalue weighted by atomic mass is 9.49. The van der Waals surface area contributed by atoms with Crippen LogP contribution < -0.4 is 9.80 Å². The number of aromatic hydroxyl groups is 1. The average molecular weight is 755 g/mol. The Labute approximate surface area is 290 Å². The summed E-state index contributed by atoms with van der Waals surface area (Å²) in [6.07, 6.45) is 2.49. The second kappa shape index (κ2) is 11.2. The molecule has 6 unspecified atom stereocenters. The van der Waals surface area contributed by atoms with E-state index in [1.54, 1.807) is 60.7 Å². The number of anilines is 2. The van der Waals surface area contributed by atoms with Gasteiger partial charge in [0.2, 0.25) is 23.6 Å². The highest BCUT2D eigenvalue weighted by atomic mass is 127. The van der Waals surface area contributed by atoms with Crippen LogP contribution in [0, 0.1) is 27.2 Å². The lowest BCUT2D eigenvalue weighted by Gasteiger charge is -2.50. The van der Waals surface area contributed by atoms with E-state index in [9.17, 15) is 19.5 Å². The number of phenols is 1. The number of imide groups is 2. The molecule has 47 heavy (non-hydrogen) atoms. The van der Waals surface area contributed by atoms with Crippen molar-refractivity contribution in [3.05, 3.63) is 134 Å². The summed E-state index contributed by atoms with van der Waals surface area (Å²) in [5.74, 6) is -4.88. The molecule has 8 rings (SSSR count). The van der Waals surface area contributed by atoms with Crippen molar-refractivity contribution in [2.45, 2.75) is 24.2 Å². The third kappa shape index (κ3) is 4.30. The zero-order valence-corrected chi connectivity index (χ0v) is 27.8. The van der Waals surface area contributed by atoms with Crippen LogP contribution in [0.3, 0.4) is 0 Å². The molecule has 0 radical (unpaired) electrons. The monoisotopic (exact) mass is 754 g/mol. The third-order valence-electron chi connectivity index (χ3n) is 10.5. The summed E-state index contributed by atoms with van der Waals surface area (Å²) in [5, 5.41) is 11.8. The molecule has 234 valence electrons. The molecule has 2 saturated heterocycles. The standard InChI is InChI=1S/C38H28ClIN2O5/c39-22-9-6-10-25(19-22)42-35(45)30-20-29-26(17-18-28-32(29)36(46)41(34(28)44)24-15-13-23(40)14-16-24)33(27-11-4-5-12-31(27)43)38(30,37(42)47)21-7-2-1-3-8-21/h1-17,19,28-30,32-33,43H,18,20H2. The predicted molar refractivity (Wildman–Crippen MR) is 186 cm³/mol. The Hall–Kier alpha value is -4.28. The smallest absolute Gasteiger partial charge is 0.246 e. The number of carbonyl (C=O) groups is 4. The van der Waals surface area contributed by atoms with E-state index in [1.165, 1.54) is 9.80 Å². The highest BCUT2D eigenvalue weighted by Gasteiger charge is 2.70. The summed E-state index contributed by atoms with van der Waals surface area (Å²) in [4.78, 5) is 60.7. The number of carbonyl (C=O) groups excluding carboxylic acids is 4. The van der Waals surface area contributed by atoms with Gasteiger partial charge in [0, 0.05) is 20.1 Å². The Kier molecular flexibility index (Phi) is 7.14. The van der Waals surface area contributed by atoms with Gasteiger partial charge >= 0.3 is 0 Å². The van der Waals surface area contributed by atoms with Crippen LogP contribution in [0.4, 0.5) is 11.4 Å². The number of halogens is 2. The van der Waals surface area contributed by atoms with Crippen molar-refractivity contribution in [2.24, 2.45) is 23.7 Å². The van der Waals surface area contributed by atoms with E-state index in [0.717, 1.165) is 9.14 Å². The first-order chi connectivity index (χ1) is 22.7. The van der Waals surface area contributed by atoms with E-state index >= 15 is 4.79 Å². The van der Waals surface area contributed by atoms with Crippen LogP contribution in [-0.4, -0.2) is 28.7 Å². The number of hydrogen-bond acceptors (Lipinski definition) is 5. The van der Waals surface area contributed by atoms with Crippen LogP contribution in [0.5, 0.6) is 5.75 Å². The molecule has 3 fully saturated rings. The molecule has 0 bridgehead atoms. The molecule has 2 aliphatic carbocycles. The fraction of sp³-hybridized carbons (Fsp3) is 0.211. The van der Waals surface area contributed by atoms with Crippen LogP contribution in [0.25, 0.3) is 0 Å². The Morgan fingerprint density at radius 1 is 0.745 bits per heavy atom. The molecule has 4 aromatic rings. The number of amides is 4. The van der Waals surface area contributed by atoms with E-state index in [4.69, 9.17) is 11.6 Å². The van der Waals surface area contributed by atoms with Crippen LogP contribution in [0.15, 0.2) is 115 Å². The molecule has 6 atom stereocenters. The molecule has 2 heterocycles. The molecular formula is C38H28ClIN2O5. The molecule has 4 aromatic carbocycles. The first-order valence-electron chi connectivity index (χ1n) is 15.5. The minimum Gasteiger partial charge on any atom is -0.508 e. The molecular weight excluding hydrogens is 727 g/mol. The number of phenolic OH excluding ortho intramolecular Hbond substituents is 1. The maximum absolute atomic E-state index is 15.2. The van der Waals surface area contributed by atoms with Gasteiger partial charge in [-0.05, 0) is 95.4 Å². The van der Waals surface area contributed by atoms with Crippen molar-refractivity contribution in [3.63, 3.8) is 0 Å². The zero-order valence-electron chi connectivity index (χ0n) is 24.9. The number of rotatable bonds is 4. The van der Waals surface area contributed by atoms with Gasteiger partial charge in [-0.1, -0.05) is 77.8 Å². The summed E-state index contributed by atoms with van der Waals surface area (Å²) in [7, 11) is 0. The van der Waals surface area contributed by atoms with E-state index < -0.39 is 46.8 Å². The predicted octanol–water partition coefficient (Wildman–Crippen LogP) is 7.02. The van der Waals surface area contributed by atoms with Crippen molar-refractivity contribution in [3.8, 4) is 5.75 Å². The molecule has 4 amide bonds. The highest BCUT2D eigenvalue weighted by Crippen LogP contribution is 2.65. The Balaban J connectivity index is 1.35. The van der Waals surface area contributed by atoms with Gasteiger partial charge < -0.3 is 5.11 Å². The number of hydrogen-bond donors (Lipinski definition) is 1. The van der Waals surface area contributed by atoms with E-state index in [-0.39, 0.29) is 24.0 Å². The number of benzene rings is 4. The molecule has 2 aliphatic heterocycles. The summed E-state index contributed by atoms with van der Waals surface area (Å²) < 4.78 is 0.982. The van der Waals surface area contributed by atoms with Crippen LogP contribution in [0.2, 0.25) is 5.02 Å². The van der Waals surface area contributed by atoms with Crippen LogP contribution in [0.1, 0.15) is 29.9 Å². The lowest BCUT2D eigenvalue weighted by molar-refractivity contribution is -0.127. The summed E-state index contributed by atoms with van der Waals surface area (Å²) in [6, 6.07) is 30.1. The lowest BCUT2D eigenvalue weighted by Crippen LogP contribution is -2.53. The second-order valence-corrected chi connectivity index (χ2v) is 14.3. The largest absolute Gasteiger partial charge is 0.508 e. The fourth-order valence-electron chi connectivity index (χ4n) is 8.66. The molecule has 1 saturated carbocycles. The van der Waals surface area contributed by atoms with Gasteiger partial charge in [0.25, 0.3) is 0 Å². The quantitative estimate of drug-likeness (QED) is 0.137. The van der Waals surface area contributed by atoms with Crippen molar-refractivity contribution in [2.75, 3.05) is 9.80 Å². The summed E-state index contributed by atoms with van der Waals surface area (Å²) in [5.41, 5.74) is 1.39. The van der Waals surface area contributed by atoms with Crippen molar-refractivity contribution in [1.29, 1.82) is 0 Å². The Morgan fingerprint density at radius 2 is 1.47 bits per heavy atom. The second-order valence-electron chi connectivity index (χ2n) is 12.6. The maximum atomic E-state index is 15.2. The van der Waals surface area contributed by atoms with Crippen molar-refractivity contribution in [1.82, 2.24) is 0 Å². The Bertz CT molecular complexity index is 2010. The number of nitrogens with zero attached hydrogens (tertiary/aromatic N) is 2. The molecule has 0 spiro atoms. The molecule has 4 aliphatic rings. The van der Waals surface area contributed by atoms with Crippen LogP contribution in [-0.2, 0) is 24.6 Å². The van der Waals surface area contributed by atoms with Crippen molar-refractivity contribution >= 4 is 69.2 Å². The van der Waals surface area contributed by atoms with E-state index in [2.05, 4.69) is 22.6 Å². The molecule has 9 heteroatoms. The zero-order chi connectivity index (χ0) is 32.6. The van der Waals surface area contributed by atoms with E-state index in [0.29, 0.717) is 33.9 Å². The van der Waals surface area contributed by atoms with Crippen LogP contribution >= 0.6 is 34.2 Å². The highest BCUT2D eigenvalue weighted by molar-refractivity contribution is 14.1. The first kappa shape index (κ1) is 30.1. The van der Waals surface area contributed by atoms with Crippen molar-refractivity contribution < 1.29 is 24.3 Å². The fourth-order valence-corrected chi connectivity index (χ4v) is 9.21. The molecule has 0 aromatic heterocycles. The average Bonchev–Trinajstić information content (AvgIpc) is 3.46. The van der Waals surface area contributed by atoms with Gasteiger partial charge in [0.15, 0.2) is 0 Å². The van der Waals surface area contributed by atoms with Gasteiger partial charge in [0.05, 0.1) is 34.5 Å². The number of fused-ring (bicyclic) bond motifs is 4. The first-order valence-corrected chi connectivity index (χ1v) is 17.0. The normalized spacial score (nSPS) is 28.2. The van der Waals surface area contributed by atoms with Gasteiger partial charge in [-0.2, -0.15) is 0 Å². The maximum Gasteiger partial charge on any atom is 0.246 e. The van der Waals surface area contributed by atoms with Gasteiger partial charge in [-0.3, -0.25) is 24.1 Å². The molecule has 1 N–H and O–H groups in total. The number of para-hydroxylation sites is 1. The van der Waals surface area contributed by atoms with Gasteiger partial charge in [0.1, 0.15) is 5.75 Å². The van der Waals surface area contributed by atoms with Gasteiger partial charge in [-0.25, -0.2) is 4.90 Å². The minimum atomic E-state index is -1.43. The van der Waals surface area contributed by atoms with Gasteiger partial charge in [-0.15, -0.1) is 0 Å². The summed E-state index contributed by atoms with van der Waals surface area (Å²) in [6.45, 7) is 0. The number of allylic oxidation sites excluding steroid dienone is 2. The minimum absolute atomic E-state index is 0.00831. The Morgan fingerprint density at radius 3 is 2.19 bits per heavy atom.